The number of halogens is 4. The van der Waals surface area contributed by atoms with E-state index in [0.29, 0.717) is 5.75 Å². The largest absolute Gasteiger partial charge is 0.489 e. The Hall–Kier alpha value is -2.04. The molecule has 0 aliphatic heterocycles. The normalized spacial score (nSPS) is 10.4. The summed E-state index contributed by atoms with van der Waals surface area (Å²) in [4.78, 5) is 0. The van der Waals surface area contributed by atoms with Crippen molar-refractivity contribution in [1.29, 1.82) is 0 Å². The van der Waals surface area contributed by atoms with Crippen LogP contribution in [0, 0.1) is 23.3 Å². The van der Waals surface area contributed by atoms with Crippen molar-refractivity contribution in [2.24, 2.45) is 0 Å². The molecule has 0 aliphatic carbocycles. The van der Waals surface area contributed by atoms with Crippen LogP contribution < -0.4 is 4.74 Å². The molecule has 0 heterocycles. The fraction of sp³-hybridized carbons (Fsp3) is 0.0769. The Kier molecular flexibility index (Phi) is 3.50. The molecule has 0 saturated carbocycles. The number of benzene rings is 2. The molecule has 94 valence electrons. The highest BCUT2D eigenvalue weighted by Crippen LogP contribution is 2.21. The molecule has 0 radical (unpaired) electrons. The van der Waals surface area contributed by atoms with Gasteiger partial charge in [0.05, 0.1) is 5.56 Å². The second-order valence-electron chi connectivity index (χ2n) is 3.55. The van der Waals surface area contributed by atoms with Gasteiger partial charge in [0, 0.05) is 6.07 Å². The standard InChI is InChI=1S/C13H8F4O/c14-10-6-11(15)13(17)9(12(10)16)7-18-8-4-2-1-3-5-8/h1-6H,7H2. The van der Waals surface area contributed by atoms with Gasteiger partial charge in [0.2, 0.25) is 0 Å². The van der Waals surface area contributed by atoms with Gasteiger partial charge >= 0.3 is 0 Å². The summed E-state index contributed by atoms with van der Waals surface area (Å²) in [6, 6.07) is 8.34. The first-order valence-electron chi connectivity index (χ1n) is 5.09. The van der Waals surface area contributed by atoms with Gasteiger partial charge in [0.15, 0.2) is 23.3 Å². The smallest absolute Gasteiger partial charge is 0.168 e. The summed E-state index contributed by atoms with van der Waals surface area (Å²) in [5, 5.41) is 0. The van der Waals surface area contributed by atoms with Crippen LogP contribution in [0.1, 0.15) is 5.56 Å². The van der Waals surface area contributed by atoms with Crippen LogP contribution in [0.2, 0.25) is 0 Å². The molecule has 5 heteroatoms. The molecule has 18 heavy (non-hydrogen) atoms. The molecule has 2 rings (SSSR count). The monoisotopic (exact) mass is 256 g/mol. The summed E-state index contributed by atoms with van der Waals surface area (Å²) in [6.07, 6.45) is 0. The topological polar surface area (TPSA) is 9.23 Å². The van der Waals surface area contributed by atoms with Crippen molar-refractivity contribution in [3.05, 3.63) is 65.2 Å². The van der Waals surface area contributed by atoms with Gasteiger partial charge in [-0.3, -0.25) is 0 Å². The fourth-order valence-corrected chi connectivity index (χ4v) is 1.42. The minimum atomic E-state index is -1.44. The molecule has 0 bridgehead atoms. The highest BCUT2D eigenvalue weighted by Gasteiger charge is 2.19. The maximum atomic E-state index is 13.3. The van der Waals surface area contributed by atoms with E-state index in [1.54, 1.807) is 30.3 Å². The third kappa shape index (κ3) is 2.45. The summed E-state index contributed by atoms with van der Waals surface area (Å²) >= 11 is 0. The number of hydrogen-bond acceptors (Lipinski definition) is 1. The molecule has 0 amide bonds. The second-order valence-corrected chi connectivity index (χ2v) is 3.55. The Morgan fingerprint density at radius 3 is 1.94 bits per heavy atom. The third-order valence-electron chi connectivity index (χ3n) is 2.33. The van der Waals surface area contributed by atoms with Gasteiger partial charge < -0.3 is 4.74 Å². The Morgan fingerprint density at radius 1 is 0.833 bits per heavy atom. The first-order valence-corrected chi connectivity index (χ1v) is 5.09. The Bertz CT molecular complexity index is 528. The predicted octanol–water partition coefficient (Wildman–Crippen LogP) is 3.82. The third-order valence-corrected chi connectivity index (χ3v) is 2.33. The molecule has 0 spiro atoms. The first kappa shape index (κ1) is 12.4. The van der Waals surface area contributed by atoms with Gasteiger partial charge in [0.25, 0.3) is 0 Å². The van der Waals surface area contributed by atoms with E-state index in [1.165, 1.54) is 0 Å². The SMILES string of the molecule is Fc1cc(F)c(F)c(COc2ccccc2)c1F. The predicted molar refractivity (Wildman–Crippen MR) is 57.0 cm³/mol. The van der Waals surface area contributed by atoms with Crippen molar-refractivity contribution >= 4 is 0 Å². The average molecular weight is 256 g/mol. The molecule has 2 aromatic carbocycles. The van der Waals surface area contributed by atoms with Gasteiger partial charge in [0.1, 0.15) is 12.4 Å². The van der Waals surface area contributed by atoms with E-state index in [1.807, 2.05) is 0 Å². The van der Waals surface area contributed by atoms with E-state index in [2.05, 4.69) is 0 Å². The molecule has 2 aromatic rings. The number of ether oxygens (including phenoxy) is 1. The summed E-state index contributed by atoms with van der Waals surface area (Å²) in [5.74, 6) is -5.42. The van der Waals surface area contributed by atoms with Crippen LogP contribution in [0.4, 0.5) is 17.6 Å². The highest BCUT2D eigenvalue weighted by atomic mass is 19.2. The number of para-hydroxylation sites is 1. The lowest BCUT2D eigenvalue weighted by atomic mass is 10.2. The van der Waals surface area contributed by atoms with E-state index < -0.39 is 35.4 Å². The quantitative estimate of drug-likeness (QED) is 0.599. The average Bonchev–Trinajstić information content (AvgIpc) is 2.38. The van der Waals surface area contributed by atoms with Crippen LogP contribution in [-0.4, -0.2) is 0 Å². The van der Waals surface area contributed by atoms with Crippen molar-refractivity contribution < 1.29 is 22.3 Å². The highest BCUT2D eigenvalue weighted by molar-refractivity contribution is 5.25. The van der Waals surface area contributed by atoms with Crippen molar-refractivity contribution in [2.45, 2.75) is 6.61 Å². The Morgan fingerprint density at radius 2 is 1.39 bits per heavy atom. The van der Waals surface area contributed by atoms with Crippen LogP contribution in [0.5, 0.6) is 5.75 Å². The molecule has 0 saturated heterocycles. The molecular formula is C13H8F4O. The second kappa shape index (κ2) is 5.08. The van der Waals surface area contributed by atoms with E-state index >= 15 is 0 Å². The lowest BCUT2D eigenvalue weighted by molar-refractivity contribution is 0.285. The van der Waals surface area contributed by atoms with Crippen molar-refractivity contribution in [3.8, 4) is 5.75 Å². The van der Waals surface area contributed by atoms with Crippen LogP contribution in [-0.2, 0) is 6.61 Å². The molecule has 0 aromatic heterocycles. The van der Waals surface area contributed by atoms with E-state index in [9.17, 15) is 17.6 Å². The van der Waals surface area contributed by atoms with Gasteiger partial charge in [-0.05, 0) is 12.1 Å². The van der Waals surface area contributed by atoms with Crippen molar-refractivity contribution in [1.82, 2.24) is 0 Å². The van der Waals surface area contributed by atoms with E-state index in [4.69, 9.17) is 4.74 Å². The van der Waals surface area contributed by atoms with Crippen LogP contribution in [0.25, 0.3) is 0 Å². The summed E-state index contributed by atoms with van der Waals surface area (Å²) in [5.41, 5.74) is -0.767. The lowest BCUT2D eigenvalue weighted by Gasteiger charge is -2.09. The maximum absolute atomic E-state index is 13.3. The summed E-state index contributed by atoms with van der Waals surface area (Å²) in [6.45, 7) is -0.587. The van der Waals surface area contributed by atoms with Crippen molar-refractivity contribution in [2.75, 3.05) is 0 Å². The van der Waals surface area contributed by atoms with Crippen LogP contribution in [0.3, 0.4) is 0 Å². The van der Waals surface area contributed by atoms with Gasteiger partial charge in [-0.25, -0.2) is 17.6 Å². The molecule has 0 N–H and O–H groups in total. The van der Waals surface area contributed by atoms with Gasteiger partial charge in [-0.2, -0.15) is 0 Å². The fourth-order valence-electron chi connectivity index (χ4n) is 1.42. The summed E-state index contributed by atoms with van der Waals surface area (Å²) in [7, 11) is 0. The number of hydrogen-bond donors (Lipinski definition) is 0. The minimum absolute atomic E-state index is 0.163. The lowest BCUT2D eigenvalue weighted by Crippen LogP contribution is -2.06. The van der Waals surface area contributed by atoms with E-state index in [0.717, 1.165) is 0 Å². The molecule has 0 aliphatic rings. The number of rotatable bonds is 3. The van der Waals surface area contributed by atoms with Crippen molar-refractivity contribution in [3.63, 3.8) is 0 Å². The maximum Gasteiger partial charge on any atom is 0.168 e. The van der Waals surface area contributed by atoms with Crippen LogP contribution >= 0.6 is 0 Å². The summed E-state index contributed by atoms with van der Waals surface area (Å²) < 4.78 is 57.4. The van der Waals surface area contributed by atoms with E-state index in [-0.39, 0.29) is 6.07 Å². The van der Waals surface area contributed by atoms with Gasteiger partial charge in [-0.15, -0.1) is 0 Å². The van der Waals surface area contributed by atoms with Gasteiger partial charge in [-0.1, -0.05) is 18.2 Å². The molecule has 0 fully saturated rings. The van der Waals surface area contributed by atoms with Crippen LogP contribution in [0.15, 0.2) is 36.4 Å². The molecular weight excluding hydrogens is 248 g/mol. The molecule has 0 unspecified atom stereocenters. The zero-order valence-electron chi connectivity index (χ0n) is 9.09. The Labute approximate surface area is 101 Å². The Balaban J connectivity index is 2.24. The molecule has 0 atom stereocenters. The zero-order valence-corrected chi connectivity index (χ0v) is 9.09. The molecule has 1 nitrogen and oxygen atoms in total. The first-order chi connectivity index (χ1) is 8.59. The zero-order chi connectivity index (χ0) is 13.1. The minimum Gasteiger partial charge on any atom is -0.489 e.